The van der Waals surface area contributed by atoms with Gasteiger partial charge in [-0.25, -0.2) is 4.79 Å². The maximum atomic E-state index is 13.0. The number of rotatable bonds is 6. The Balaban J connectivity index is 0.00000385. The number of nitrogens with zero attached hydrogens (tertiary/aromatic N) is 2. The number of hydrogen-bond acceptors (Lipinski definition) is 6. The van der Waals surface area contributed by atoms with E-state index in [1.807, 2.05) is 0 Å². The first-order chi connectivity index (χ1) is 15.2. The van der Waals surface area contributed by atoms with E-state index >= 15 is 0 Å². The summed E-state index contributed by atoms with van der Waals surface area (Å²) in [6.45, 7) is 2.50. The van der Waals surface area contributed by atoms with Crippen molar-refractivity contribution in [1.29, 1.82) is 0 Å². The van der Waals surface area contributed by atoms with Crippen LogP contribution in [0, 0.1) is 0 Å². The molecule has 2 fully saturated rings. The number of benzene rings is 1. The molecule has 1 aromatic rings. The molecule has 0 bridgehead atoms. The molecular weight excluding hydrogens is 465 g/mol. The van der Waals surface area contributed by atoms with Crippen molar-refractivity contribution in [2.45, 2.75) is 37.5 Å². The molecule has 0 radical (unpaired) electrons. The van der Waals surface area contributed by atoms with Crippen LogP contribution in [0.2, 0.25) is 0 Å². The predicted octanol–water partition coefficient (Wildman–Crippen LogP) is 2.30. The van der Waals surface area contributed by atoms with E-state index in [2.05, 4.69) is 5.32 Å². The van der Waals surface area contributed by atoms with Crippen molar-refractivity contribution in [3.8, 4) is 0 Å². The number of methoxy groups -OCH3 is 1. The summed E-state index contributed by atoms with van der Waals surface area (Å²) in [5, 5.41) is 3.33. The van der Waals surface area contributed by atoms with Crippen LogP contribution >= 0.6 is 12.4 Å². The highest BCUT2D eigenvalue weighted by atomic mass is 35.5. The van der Waals surface area contributed by atoms with Crippen molar-refractivity contribution in [2.24, 2.45) is 0 Å². The van der Waals surface area contributed by atoms with Crippen molar-refractivity contribution in [2.75, 3.05) is 52.2 Å². The zero-order valence-electron chi connectivity index (χ0n) is 18.4. The second-order valence-electron chi connectivity index (χ2n) is 8.08. The Bertz CT molecular complexity index is 821. The molecule has 12 heteroatoms. The van der Waals surface area contributed by atoms with E-state index in [4.69, 9.17) is 15.2 Å². The van der Waals surface area contributed by atoms with Gasteiger partial charge in [-0.2, -0.15) is 13.2 Å². The third-order valence-corrected chi connectivity index (χ3v) is 5.84. The molecule has 2 aliphatic heterocycles. The zero-order valence-corrected chi connectivity index (χ0v) is 19.2. The SMILES string of the molecule is COC(=O)N1CCN(C(=O)Cc2ccc(C(F)(F)F)cc2N)C(COCC2CCCN2)C1.Cl. The average Bonchev–Trinajstić information content (AvgIpc) is 3.27. The maximum Gasteiger partial charge on any atom is 0.416 e. The van der Waals surface area contributed by atoms with E-state index < -0.39 is 23.9 Å². The lowest BCUT2D eigenvalue weighted by Crippen LogP contribution is -2.58. The first-order valence-electron chi connectivity index (χ1n) is 10.6. The van der Waals surface area contributed by atoms with E-state index in [-0.39, 0.29) is 56.2 Å². The highest BCUT2D eigenvalue weighted by molar-refractivity contribution is 5.85. The number of nitrogen functional groups attached to an aromatic ring is 1. The molecule has 2 amide bonds. The van der Waals surface area contributed by atoms with Gasteiger partial charge < -0.3 is 30.3 Å². The Kier molecular flexibility index (Phi) is 9.62. The molecule has 3 rings (SSSR count). The van der Waals surface area contributed by atoms with Crippen molar-refractivity contribution in [3.05, 3.63) is 29.3 Å². The second-order valence-corrected chi connectivity index (χ2v) is 8.08. The predicted molar refractivity (Wildman–Crippen MR) is 118 cm³/mol. The van der Waals surface area contributed by atoms with E-state index in [0.717, 1.165) is 31.5 Å². The van der Waals surface area contributed by atoms with Gasteiger partial charge in [-0.05, 0) is 37.1 Å². The molecule has 0 aromatic heterocycles. The Morgan fingerprint density at radius 1 is 1.24 bits per heavy atom. The zero-order chi connectivity index (χ0) is 23.3. The summed E-state index contributed by atoms with van der Waals surface area (Å²) in [6, 6.07) is 2.87. The Morgan fingerprint density at radius 3 is 2.61 bits per heavy atom. The first kappa shape index (κ1) is 27.0. The van der Waals surface area contributed by atoms with E-state index in [9.17, 15) is 22.8 Å². The van der Waals surface area contributed by atoms with Crippen LogP contribution in [-0.2, 0) is 26.9 Å². The lowest BCUT2D eigenvalue weighted by atomic mass is 10.0. The minimum Gasteiger partial charge on any atom is -0.453 e. The van der Waals surface area contributed by atoms with Gasteiger partial charge in [0, 0.05) is 31.4 Å². The van der Waals surface area contributed by atoms with Gasteiger partial charge in [0.1, 0.15) is 0 Å². The van der Waals surface area contributed by atoms with Gasteiger partial charge in [-0.15, -0.1) is 12.4 Å². The molecule has 8 nitrogen and oxygen atoms in total. The summed E-state index contributed by atoms with van der Waals surface area (Å²) in [5.41, 5.74) is 5.18. The largest absolute Gasteiger partial charge is 0.453 e. The molecule has 2 heterocycles. The van der Waals surface area contributed by atoms with Crippen molar-refractivity contribution >= 4 is 30.1 Å². The van der Waals surface area contributed by atoms with E-state index in [1.54, 1.807) is 4.90 Å². The minimum atomic E-state index is -4.50. The van der Waals surface area contributed by atoms with Crippen LogP contribution in [0.15, 0.2) is 18.2 Å². The van der Waals surface area contributed by atoms with Crippen molar-refractivity contribution in [1.82, 2.24) is 15.1 Å². The van der Waals surface area contributed by atoms with Crippen molar-refractivity contribution < 1.29 is 32.2 Å². The van der Waals surface area contributed by atoms with Gasteiger partial charge in [-0.1, -0.05) is 6.07 Å². The second kappa shape index (κ2) is 11.8. The number of carbonyl (C=O) groups is 2. The fourth-order valence-corrected chi connectivity index (χ4v) is 4.06. The Hall–Kier alpha value is -2.24. The van der Waals surface area contributed by atoms with Crippen LogP contribution in [0.4, 0.5) is 23.7 Å². The van der Waals surface area contributed by atoms with Gasteiger partial charge in [0.15, 0.2) is 0 Å². The molecule has 2 atom stereocenters. The van der Waals surface area contributed by atoms with Gasteiger partial charge in [-0.3, -0.25) is 4.79 Å². The molecule has 1 aromatic carbocycles. The summed E-state index contributed by atoms with van der Waals surface area (Å²) in [7, 11) is 1.30. The van der Waals surface area contributed by atoms with Crippen LogP contribution in [-0.4, -0.2) is 80.4 Å². The smallest absolute Gasteiger partial charge is 0.416 e. The van der Waals surface area contributed by atoms with Crippen LogP contribution in [0.3, 0.4) is 0 Å². The quantitative estimate of drug-likeness (QED) is 0.589. The summed E-state index contributed by atoms with van der Waals surface area (Å²) >= 11 is 0. The number of anilines is 1. The van der Waals surface area contributed by atoms with Gasteiger partial charge in [0.25, 0.3) is 0 Å². The standard InChI is InChI=1S/C21H29F3N4O4.ClH/c1-31-20(30)27-7-8-28(17(11-27)13-32-12-16-3-2-6-26-16)19(29)9-14-4-5-15(10-18(14)25)21(22,23)24;/h4-5,10,16-17,26H,2-3,6-9,11-13,25H2,1H3;1H. The number of nitrogens with one attached hydrogen (secondary N) is 1. The molecular formula is C21H30ClF3N4O4. The summed E-state index contributed by atoms with van der Waals surface area (Å²) in [5.74, 6) is -0.284. The van der Waals surface area contributed by atoms with Crippen molar-refractivity contribution in [3.63, 3.8) is 0 Å². The number of carbonyl (C=O) groups excluding carboxylic acids is 2. The molecule has 33 heavy (non-hydrogen) atoms. The molecule has 0 saturated carbocycles. The molecule has 0 spiro atoms. The lowest BCUT2D eigenvalue weighted by Gasteiger charge is -2.40. The number of nitrogens with two attached hydrogens (primary N) is 1. The fraction of sp³-hybridized carbons (Fsp3) is 0.619. The lowest BCUT2D eigenvalue weighted by molar-refractivity contribution is -0.137. The van der Waals surface area contributed by atoms with Gasteiger partial charge in [0.2, 0.25) is 5.91 Å². The summed E-state index contributed by atoms with van der Waals surface area (Å²) < 4.78 is 49.3. The third-order valence-electron chi connectivity index (χ3n) is 5.84. The Morgan fingerprint density at radius 2 is 2.00 bits per heavy atom. The van der Waals surface area contributed by atoms with E-state index in [0.29, 0.717) is 18.7 Å². The highest BCUT2D eigenvalue weighted by Gasteiger charge is 2.34. The topological polar surface area (TPSA) is 97.1 Å². The highest BCUT2D eigenvalue weighted by Crippen LogP contribution is 2.31. The number of ether oxygens (including phenoxy) is 2. The monoisotopic (exact) mass is 494 g/mol. The average molecular weight is 495 g/mol. The van der Waals surface area contributed by atoms with Crippen LogP contribution in [0.1, 0.15) is 24.0 Å². The molecule has 186 valence electrons. The van der Waals surface area contributed by atoms with Crippen LogP contribution in [0.25, 0.3) is 0 Å². The normalized spacial score (nSPS) is 21.0. The fourth-order valence-electron chi connectivity index (χ4n) is 4.06. The molecule has 0 aliphatic carbocycles. The molecule has 2 saturated heterocycles. The summed E-state index contributed by atoms with van der Waals surface area (Å²) in [4.78, 5) is 28.1. The summed E-state index contributed by atoms with van der Waals surface area (Å²) in [6.07, 6.45) is -3.01. The first-order valence-corrected chi connectivity index (χ1v) is 10.6. The number of amides is 2. The van der Waals surface area contributed by atoms with Gasteiger partial charge >= 0.3 is 12.3 Å². The molecule has 3 N–H and O–H groups in total. The number of halogens is 4. The number of piperazine rings is 1. The molecule has 2 unspecified atom stereocenters. The van der Waals surface area contributed by atoms with Gasteiger partial charge in [0.05, 0.1) is 38.3 Å². The van der Waals surface area contributed by atoms with Crippen LogP contribution in [0.5, 0.6) is 0 Å². The Labute approximate surface area is 197 Å². The minimum absolute atomic E-state index is 0. The maximum absolute atomic E-state index is 13.0. The number of alkyl halides is 3. The van der Waals surface area contributed by atoms with Crippen LogP contribution < -0.4 is 11.1 Å². The van der Waals surface area contributed by atoms with E-state index in [1.165, 1.54) is 18.1 Å². The molecule has 2 aliphatic rings. The third kappa shape index (κ3) is 7.12. The number of hydrogen-bond donors (Lipinski definition) is 2.